The molecule has 1 aromatic rings. The predicted octanol–water partition coefficient (Wildman–Crippen LogP) is 2.37. The summed E-state index contributed by atoms with van der Waals surface area (Å²) < 4.78 is 5.44. The summed E-state index contributed by atoms with van der Waals surface area (Å²) in [6, 6.07) is 2.04. The van der Waals surface area contributed by atoms with Gasteiger partial charge in [-0.05, 0) is 31.7 Å². The standard InChI is InChI=1S/C17H24ClN3O3/c1-12(20-6-8-24-9-7-20)13-2-4-21(5-3-13)16-15(18)10-14(11-19-16)17(22)23/h10-13H,2-9H2,1H3,(H,22,23). The molecule has 7 heteroatoms. The first-order valence-electron chi connectivity index (χ1n) is 8.52. The van der Waals surface area contributed by atoms with Gasteiger partial charge in [-0.1, -0.05) is 11.6 Å². The number of aromatic nitrogens is 1. The molecule has 0 aromatic carbocycles. The van der Waals surface area contributed by atoms with Crippen LogP contribution in [0.1, 0.15) is 30.1 Å². The summed E-state index contributed by atoms with van der Waals surface area (Å²) in [6.07, 6.45) is 3.57. The van der Waals surface area contributed by atoms with Crippen molar-refractivity contribution in [1.82, 2.24) is 9.88 Å². The van der Waals surface area contributed by atoms with E-state index in [2.05, 4.69) is 21.7 Å². The molecule has 2 fully saturated rings. The molecule has 24 heavy (non-hydrogen) atoms. The number of morpholine rings is 1. The van der Waals surface area contributed by atoms with Gasteiger partial charge in [-0.2, -0.15) is 0 Å². The Bertz CT molecular complexity index is 584. The molecule has 2 aliphatic heterocycles. The van der Waals surface area contributed by atoms with Gasteiger partial charge >= 0.3 is 5.97 Å². The van der Waals surface area contributed by atoms with E-state index in [9.17, 15) is 4.79 Å². The van der Waals surface area contributed by atoms with Crippen molar-refractivity contribution < 1.29 is 14.6 Å². The van der Waals surface area contributed by atoms with Gasteiger partial charge in [-0.15, -0.1) is 0 Å². The summed E-state index contributed by atoms with van der Waals surface area (Å²) >= 11 is 6.24. The Morgan fingerprint density at radius 2 is 2.00 bits per heavy atom. The van der Waals surface area contributed by atoms with Crippen molar-refractivity contribution in [3.63, 3.8) is 0 Å². The van der Waals surface area contributed by atoms with E-state index in [4.69, 9.17) is 21.4 Å². The van der Waals surface area contributed by atoms with Crippen LogP contribution < -0.4 is 4.90 Å². The number of carboxylic acids is 1. The van der Waals surface area contributed by atoms with Crippen molar-refractivity contribution in [2.75, 3.05) is 44.3 Å². The summed E-state index contributed by atoms with van der Waals surface area (Å²) in [7, 11) is 0. The number of carbonyl (C=O) groups is 1. The lowest BCUT2D eigenvalue weighted by Gasteiger charge is -2.41. The maximum atomic E-state index is 11.0. The van der Waals surface area contributed by atoms with E-state index in [1.807, 2.05) is 0 Å². The second-order valence-corrected chi connectivity index (χ2v) is 6.96. The van der Waals surface area contributed by atoms with E-state index in [1.54, 1.807) is 0 Å². The number of nitrogens with zero attached hydrogens (tertiary/aromatic N) is 3. The first-order valence-corrected chi connectivity index (χ1v) is 8.89. The average molecular weight is 354 g/mol. The molecule has 132 valence electrons. The normalized spacial score (nSPS) is 21.7. The van der Waals surface area contributed by atoms with Gasteiger partial charge < -0.3 is 14.7 Å². The van der Waals surface area contributed by atoms with Crippen LogP contribution >= 0.6 is 11.6 Å². The molecule has 1 atom stereocenters. The summed E-state index contributed by atoms with van der Waals surface area (Å²) in [4.78, 5) is 19.9. The predicted molar refractivity (Wildman–Crippen MR) is 93.0 cm³/mol. The Labute approximate surface area is 147 Å². The van der Waals surface area contributed by atoms with Gasteiger partial charge in [0.15, 0.2) is 0 Å². The molecule has 0 spiro atoms. The Kier molecular flexibility index (Phi) is 5.58. The molecular weight excluding hydrogens is 330 g/mol. The molecule has 0 bridgehead atoms. The zero-order valence-corrected chi connectivity index (χ0v) is 14.7. The number of rotatable bonds is 4. The second kappa shape index (κ2) is 7.68. The smallest absolute Gasteiger partial charge is 0.337 e. The molecule has 1 unspecified atom stereocenters. The molecule has 1 aromatic heterocycles. The summed E-state index contributed by atoms with van der Waals surface area (Å²) in [5, 5.41) is 9.42. The summed E-state index contributed by atoms with van der Waals surface area (Å²) in [5.74, 6) is 0.351. The lowest BCUT2D eigenvalue weighted by atomic mass is 9.89. The highest BCUT2D eigenvalue weighted by atomic mass is 35.5. The number of ether oxygens (including phenoxy) is 1. The van der Waals surface area contributed by atoms with Crippen molar-refractivity contribution >= 4 is 23.4 Å². The lowest BCUT2D eigenvalue weighted by molar-refractivity contribution is 0.00448. The van der Waals surface area contributed by atoms with Gasteiger partial charge in [0.25, 0.3) is 0 Å². The quantitative estimate of drug-likeness (QED) is 0.896. The number of anilines is 1. The Hall–Kier alpha value is -1.37. The number of pyridine rings is 1. The highest BCUT2D eigenvalue weighted by molar-refractivity contribution is 6.33. The molecule has 0 radical (unpaired) electrons. The van der Waals surface area contributed by atoms with Gasteiger partial charge in [-0.25, -0.2) is 9.78 Å². The molecule has 2 saturated heterocycles. The number of halogens is 1. The minimum atomic E-state index is -1.01. The van der Waals surface area contributed by atoms with Crippen molar-refractivity contribution in [1.29, 1.82) is 0 Å². The minimum absolute atomic E-state index is 0.125. The summed E-state index contributed by atoms with van der Waals surface area (Å²) in [5.41, 5.74) is 0.125. The Morgan fingerprint density at radius 1 is 1.33 bits per heavy atom. The zero-order chi connectivity index (χ0) is 17.1. The van der Waals surface area contributed by atoms with E-state index in [-0.39, 0.29) is 5.56 Å². The molecule has 3 heterocycles. The van der Waals surface area contributed by atoms with Gasteiger partial charge in [-0.3, -0.25) is 4.90 Å². The number of carboxylic acid groups (broad SMARTS) is 1. The van der Waals surface area contributed by atoms with Crippen LogP contribution in [0.25, 0.3) is 0 Å². The van der Waals surface area contributed by atoms with Crippen molar-refractivity contribution in [3.05, 3.63) is 22.8 Å². The number of piperidine rings is 1. The first kappa shape index (κ1) is 17.5. The molecule has 0 saturated carbocycles. The average Bonchev–Trinajstić information content (AvgIpc) is 2.62. The van der Waals surface area contributed by atoms with E-state index in [0.29, 0.717) is 22.8 Å². The third-order valence-corrected chi connectivity index (χ3v) is 5.49. The minimum Gasteiger partial charge on any atom is -0.478 e. The largest absolute Gasteiger partial charge is 0.478 e. The molecule has 3 rings (SSSR count). The third-order valence-electron chi connectivity index (χ3n) is 5.21. The fourth-order valence-corrected chi connectivity index (χ4v) is 3.94. The van der Waals surface area contributed by atoms with E-state index in [1.165, 1.54) is 12.3 Å². The molecular formula is C17H24ClN3O3. The third kappa shape index (κ3) is 3.82. The van der Waals surface area contributed by atoms with Crippen LogP contribution in [0.4, 0.5) is 5.82 Å². The van der Waals surface area contributed by atoms with Gasteiger partial charge in [0, 0.05) is 38.4 Å². The summed E-state index contributed by atoms with van der Waals surface area (Å²) in [6.45, 7) is 7.82. The maximum absolute atomic E-state index is 11.0. The number of aromatic carboxylic acids is 1. The van der Waals surface area contributed by atoms with Crippen LogP contribution in [0.15, 0.2) is 12.3 Å². The van der Waals surface area contributed by atoms with Crippen molar-refractivity contribution in [2.45, 2.75) is 25.8 Å². The Morgan fingerprint density at radius 3 is 2.58 bits per heavy atom. The first-order chi connectivity index (χ1) is 11.6. The fourth-order valence-electron chi connectivity index (χ4n) is 3.66. The fraction of sp³-hybridized carbons (Fsp3) is 0.647. The Balaban J connectivity index is 1.59. The van der Waals surface area contributed by atoms with E-state index in [0.717, 1.165) is 52.2 Å². The highest BCUT2D eigenvalue weighted by Gasteiger charge is 2.29. The van der Waals surface area contributed by atoms with Crippen molar-refractivity contribution in [3.8, 4) is 0 Å². The monoisotopic (exact) mass is 353 g/mol. The van der Waals surface area contributed by atoms with Crippen LogP contribution in [0.5, 0.6) is 0 Å². The van der Waals surface area contributed by atoms with Gasteiger partial charge in [0.2, 0.25) is 0 Å². The molecule has 6 nitrogen and oxygen atoms in total. The molecule has 2 aliphatic rings. The number of hydrogen-bond acceptors (Lipinski definition) is 5. The van der Waals surface area contributed by atoms with Crippen LogP contribution in [-0.2, 0) is 4.74 Å². The van der Waals surface area contributed by atoms with E-state index < -0.39 is 5.97 Å². The lowest BCUT2D eigenvalue weighted by Crippen LogP contribution is -2.48. The number of hydrogen-bond donors (Lipinski definition) is 1. The van der Waals surface area contributed by atoms with Crippen molar-refractivity contribution in [2.24, 2.45) is 5.92 Å². The maximum Gasteiger partial charge on any atom is 0.337 e. The highest BCUT2D eigenvalue weighted by Crippen LogP contribution is 2.30. The van der Waals surface area contributed by atoms with E-state index >= 15 is 0 Å². The van der Waals surface area contributed by atoms with Crippen LogP contribution in [0.3, 0.4) is 0 Å². The molecule has 0 amide bonds. The van der Waals surface area contributed by atoms with Crippen LogP contribution in [-0.4, -0.2) is 66.4 Å². The van der Waals surface area contributed by atoms with Gasteiger partial charge in [0.1, 0.15) is 5.82 Å². The SMILES string of the molecule is CC(C1CCN(c2ncc(C(=O)O)cc2Cl)CC1)N1CCOCC1. The topological polar surface area (TPSA) is 65.9 Å². The molecule has 1 N–H and O–H groups in total. The second-order valence-electron chi connectivity index (χ2n) is 6.55. The molecule has 0 aliphatic carbocycles. The zero-order valence-electron chi connectivity index (χ0n) is 13.9. The van der Waals surface area contributed by atoms with Crippen LogP contribution in [0.2, 0.25) is 5.02 Å². The van der Waals surface area contributed by atoms with Gasteiger partial charge in [0.05, 0.1) is 23.8 Å². The van der Waals surface area contributed by atoms with Crippen LogP contribution in [0, 0.1) is 5.92 Å².